The van der Waals surface area contributed by atoms with Crippen molar-refractivity contribution in [3.63, 3.8) is 0 Å². The summed E-state index contributed by atoms with van der Waals surface area (Å²) in [6.45, 7) is 6.19. The van der Waals surface area contributed by atoms with Crippen LogP contribution in [0.5, 0.6) is 0 Å². The van der Waals surface area contributed by atoms with Crippen LogP contribution >= 0.6 is 23.8 Å². The van der Waals surface area contributed by atoms with Crippen LogP contribution < -0.4 is 15.5 Å². The number of ether oxygens (including phenoxy) is 1. The number of nitrogens with one attached hydrogen (secondary N) is 2. The molecule has 2 atom stereocenters. The van der Waals surface area contributed by atoms with E-state index in [9.17, 15) is 4.79 Å². The highest BCUT2D eigenvalue weighted by Gasteiger charge is 2.42. The summed E-state index contributed by atoms with van der Waals surface area (Å²) in [6.07, 6.45) is 3.60. The standard InChI is InChI=1S/C29H29ClN6O2S/c1-17-8-7-13-32-28(17)35-18(2)14-21(19(35)3)27-26(24-9-5-6-12-31-24)34-29(39)36(27)20-10-11-23(22(30)15-20)33-25(37)16-38-4/h5-15,26-27H,16H2,1-4H3,(H,33,37)(H,34,39)/t26-,27-/m1/s1. The number of thiocarbonyl (C=S) groups is 1. The summed E-state index contributed by atoms with van der Waals surface area (Å²) in [5.41, 5.74) is 6.48. The van der Waals surface area contributed by atoms with E-state index in [2.05, 4.69) is 63.0 Å². The van der Waals surface area contributed by atoms with Gasteiger partial charge in [0.15, 0.2) is 5.11 Å². The van der Waals surface area contributed by atoms with Gasteiger partial charge >= 0.3 is 0 Å². The van der Waals surface area contributed by atoms with Crippen molar-refractivity contribution in [1.29, 1.82) is 0 Å². The number of hydrogen-bond donors (Lipinski definition) is 2. The molecule has 8 nitrogen and oxygen atoms in total. The smallest absolute Gasteiger partial charge is 0.250 e. The lowest BCUT2D eigenvalue weighted by molar-refractivity contribution is -0.119. The topological polar surface area (TPSA) is 84.3 Å². The first-order chi connectivity index (χ1) is 18.8. The highest BCUT2D eigenvalue weighted by Crippen LogP contribution is 2.44. The van der Waals surface area contributed by atoms with Crippen molar-refractivity contribution in [2.45, 2.75) is 32.9 Å². The van der Waals surface area contributed by atoms with Gasteiger partial charge in [0.2, 0.25) is 5.91 Å². The average Bonchev–Trinajstić information content (AvgIpc) is 3.41. The molecule has 1 saturated heterocycles. The first-order valence-electron chi connectivity index (χ1n) is 12.5. The molecule has 4 aromatic rings. The SMILES string of the molecule is COCC(=O)Nc1ccc(N2C(=S)N[C@H](c3ccccn3)[C@H]2c2cc(C)n(-c3ncccc3C)c2C)cc1Cl. The molecule has 1 amide bonds. The van der Waals surface area contributed by atoms with Crippen molar-refractivity contribution in [2.24, 2.45) is 0 Å². The third-order valence-electron chi connectivity index (χ3n) is 6.86. The van der Waals surface area contributed by atoms with Crippen molar-refractivity contribution in [1.82, 2.24) is 19.9 Å². The van der Waals surface area contributed by atoms with Crippen LogP contribution in [-0.4, -0.2) is 39.3 Å². The van der Waals surface area contributed by atoms with Gasteiger partial charge in [0.05, 0.1) is 28.5 Å². The van der Waals surface area contributed by atoms with Gasteiger partial charge in [-0.05, 0) is 86.6 Å². The maximum Gasteiger partial charge on any atom is 0.250 e. The number of amides is 1. The van der Waals surface area contributed by atoms with Crippen molar-refractivity contribution in [3.8, 4) is 5.82 Å². The molecule has 39 heavy (non-hydrogen) atoms. The molecule has 0 aliphatic carbocycles. The predicted octanol–water partition coefficient (Wildman–Crippen LogP) is 5.61. The molecule has 0 spiro atoms. The summed E-state index contributed by atoms with van der Waals surface area (Å²) in [5.74, 6) is 0.614. The van der Waals surface area contributed by atoms with Crippen LogP contribution in [0.3, 0.4) is 0 Å². The van der Waals surface area contributed by atoms with Gasteiger partial charge in [-0.15, -0.1) is 0 Å². The molecule has 0 bridgehead atoms. The predicted molar refractivity (Wildman–Crippen MR) is 158 cm³/mol. The molecule has 3 aromatic heterocycles. The number of carbonyl (C=O) groups excluding carboxylic acids is 1. The second-order valence-electron chi connectivity index (χ2n) is 9.45. The Kier molecular flexibility index (Phi) is 7.65. The molecule has 2 N–H and O–H groups in total. The maximum absolute atomic E-state index is 12.1. The highest BCUT2D eigenvalue weighted by atomic mass is 35.5. The van der Waals surface area contributed by atoms with E-state index in [4.69, 9.17) is 28.6 Å². The summed E-state index contributed by atoms with van der Waals surface area (Å²) in [7, 11) is 1.47. The minimum atomic E-state index is -0.282. The van der Waals surface area contributed by atoms with E-state index in [1.165, 1.54) is 7.11 Å². The second-order valence-corrected chi connectivity index (χ2v) is 10.2. The fraction of sp³-hybridized carbons (Fsp3) is 0.241. The Morgan fingerprint density at radius 2 is 1.90 bits per heavy atom. The quantitative estimate of drug-likeness (QED) is 0.284. The Bertz CT molecular complexity index is 1540. The van der Waals surface area contributed by atoms with E-state index in [-0.39, 0.29) is 24.6 Å². The third-order valence-corrected chi connectivity index (χ3v) is 7.49. The molecular weight excluding hydrogens is 532 g/mol. The number of aryl methyl sites for hydroxylation is 2. The average molecular weight is 561 g/mol. The second kappa shape index (κ2) is 11.1. The molecule has 4 heterocycles. The zero-order valence-corrected chi connectivity index (χ0v) is 23.7. The molecule has 10 heteroatoms. The normalized spacial score (nSPS) is 16.8. The lowest BCUT2D eigenvalue weighted by atomic mass is 9.96. The third kappa shape index (κ3) is 5.13. The fourth-order valence-corrected chi connectivity index (χ4v) is 5.71. The Morgan fingerprint density at radius 1 is 1.10 bits per heavy atom. The number of hydrogen-bond acceptors (Lipinski definition) is 5. The summed E-state index contributed by atoms with van der Waals surface area (Å²) >= 11 is 12.5. The number of aromatic nitrogens is 3. The van der Waals surface area contributed by atoms with Crippen LogP contribution in [0.2, 0.25) is 5.02 Å². The van der Waals surface area contributed by atoms with E-state index >= 15 is 0 Å². The van der Waals surface area contributed by atoms with Crippen LogP contribution in [0.1, 0.15) is 40.3 Å². The van der Waals surface area contributed by atoms with Crippen LogP contribution in [0, 0.1) is 20.8 Å². The lowest BCUT2D eigenvalue weighted by Crippen LogP contribution is -2.29. The van der Waals surface area contributed by atoms with Gasteiger partial charge in [-0.2, -0.15) is 0 Å². The van der Waals surface area contributed by atoms with E-state index < -0.39 is 0 Å². The van der Waals surface area contributed by atoms with Gasteiger partial charge in [-0.25, -0.2) is 4.98 Å². The van der Waals surface area contributed by atoms with Crippen LogP contribution in [0.15, 0.2) is 67.0 Å². The van der Waals surface area contributed by atoms with Gasteiger partial charge in [0, 0.05) is 36.6 Å². The van der Waals surface area contributed by atoms with Gasteiger partial charge in [0.25, 0.3) is 0 Å². The number of carbonyl (C=O) groups is 1. The first-order valence-corrected chi connectivity index (χ1v) is 13.3. The van der Waals surface area contributed by atoms with Crippen LogP contribution in [0.4, 0.5) is 11.4 Å². The minimum absolute atomic E-state index is 0.0581. The summed E-state index contributed by atoms with van der Waals surface area (Å²) in [6, 6.07) is 17.1. The summed E-state index contributed by atoms with van der Waals surface area (Å²) in [5, 5.41) is 7.23. The van der Waals surface area contributed by atoms with Crippen LogP contribution in [-0.2, 0) is 9.53 Å². The maximum atomic E-state index is 12.1. The largest absolute Gasteiger partial charge is 0.375 e. The number of pyridine rings is 2. The Balaban J connectivity index is 1.62. The zero-order valence-electron chi connectivity index (χ0n) is 22.1. The minimum Gasteiger partial charge on any atom is -0.375 e. The van der Waals surface area contributed by atoms with E-state index in [0.29, 0.717) is 15.8 Å². The molecule has 1 aliphatic heterocycles. The van der Waals surface area contributed by atoms with Crippen molar-refractivity contribution < 1.29 is 9.53 Å². The molecule has 200 valence electrons. The molecule has 0 unspecified atom stereocenters. The first kappa shape index (κ1) is 26.8. The number of anilines is 2. The van der Waals surface area contributed by atoms with E-state index in [1.807, 2.05) is 42.6 Å². The molecule has 1 aromatic carbocycles. The molecule has 1 aliphatic rings. The highest BCUT2D eigenvalue weighted by molar-refractivity contribution is 7.80. The molecule has 0 radical (unpaired) electrons. The fourth-order valence-electron chi connectivity index (χ4n) is 5.15. The van der Waals surface area contributed by atoms with Gasteiger partial charge in [0.1, 0.15) is 12.4 Å². The number of nitrogens with zero attached hydrogens (tertiary/aromatic N) is 4. The lowest BCUT2D eigenvalue weighted by Gasteiger charge is -2.28. The molecule has 0 saturated carbocycles. The number of methoxy groups -OCH3 is 1. The van der Waals surface area contributed by atoms with Gasteiger partial charge in [-0.1, -0.05) is 23.7 Å². The number of halogens is 1. The molecule has 5 rings (SSSR count). The Labute approximate surface area is 238 Å². The van der Waals surface area contributed by atoms with Crippen molar-refractivity contribution in [2.75, 3.05) is 23.9 Å². The van der Waals surface area contributed by atoms with E-state index in [0.717, 1.165) is 39.7 Å². The monoisotopic (exact) mass is 560 g/mol. The number of benzene rings is 1. The summed E-state index contributed by atoms with van der Waals surface area (Å²) in [4.78, 5) is 23.5. The van der Waals surface area contributed by atoms with Crippen molar-refractivity contribution in [3.05, 3.63) is 100 Å². The van der Waals surface area contributed by atoms with E-state index in [1.54, 1.807) is 12.3 Å². The molecule has 1 fully saturated rings. The van der Waals surface area contributed by atoms with Gasteiger partial charge < -0.3 is 24.8 Å². The summed E-state index contributed by atoms with van der Waals surface area (Å²) < 4.78 is 7.09. The Morgan fingerprint density at radius 3 is 2.59 bits per heavy atom. The number of rotatable bonds is 7. The zero-order chi connectivity index (χ0) is 27.7. The van der Waals surface area contributed by atoms with Crippen LogP contribution in [0.25, 0.3) is 5.82 Å². The van der Waals surface area contributed by atoms with Crippen molar-refractivity contribution >= 4 is 46.2 Å². The molecular formula is C29H29ClN6O2S. The van der Waals surface area contributed by atoms with Gasteiger partial charge in [-0.3, -0.25) is 9.78 Å². The Hall–Kier alpha value is -3.79.